The van der Waals surface area contributed by atoms with E-state index in [1.165, 1.54) is 0 Å². The summed E-state index contributed by atoms with van der Waals surface area (Å²) in [6.45, 7) is 0. The molecule has 0 aliphatic heterocycles. The average Bonchev–Trinajstić information content (AvgIpc) is 2.36. The Bertz CT molecular complexity index is 624. The second-order valence-electron chi connectivity index (χ2n) is 4.34. The van der Waals surface area contributed by atoms with Crippen LogP contribution >= 0.6 is 0 Å². The second kappa shape index (κ2) is 5.87. The molecule has 0 fully saturated rings. The number of halogens is 4. The lowest BCUT2D eigenvalue weighted by Gasteiger charge is -2.03. The molecule has 6 heteroatoms. The van der Waals surface area contributed by atoms with E-state index in [0.717, 1.165) is 24.3 Å². The van der Waals surface area contributed by atoms with Crippen LogP contribution in [-0.2, 0) is 0 Å². The minimum Gasteiger partial charge on any atom is -0.294 e. The lowest BCUT2D eigenvalue weighted by Crippen LogP contribution is -2.10. The number of ketones is 2. The molecule has 2 aromatic rings. The number of carbonyl (C=O) groups is 2. The molecular weight excluding hydrogens is 288 g/mol. The number of benzene rings is 2. The van der Waals surface area contributed by atoms with Gasteiger partial charge in [0.2, 0.25) is 0 Å². The van der Waals surface area contributed by atoms with Gasteiger partial charge in [-0.1, -0.05) is 0 Å². The van der Waals surface area contributed by atoms with E-state index in [4.69, 9.17) is 0 Å². The van der Waals surface area contributed by atoms with E-state index < -0.39 is 41.3 Å². The molecule has 0 bridgehead atoms. The van der Waals surface area contributed by atoms with E-state index in [1.807, 2.05) is 0 Å². The quantitative estimate of drug-likeness (QED) is 0.490. The fourth-order valence-corrected chi connectivity index (χ4v) is 1.78. The Morgan fingerprint density at radius 3 is 1.19 bits per heavy atom. The standard InChI is InChI=1S/C15H8F4O2/c16-10-1-8(2-11(17)5-10)14(20)7-15(21)9-3-12(18)6-13(19)4-9/h1-6H,7H2. The molecule has 0 spiro atoms. The van der Waals surface area contributed by atoms with Crippen molar-refractivity contribution in [3.05, 3.63) is 70.8 Å². The Hall–Kier alpha value is -2.50. The first kappa shape index (κ1) is 14.9. The van der Waals surface area contributed by atoms with E-state index in [-0.39, 0.29) is 11.1 Å². The van der Waals surface area contributed by atoms with Crippen molar-refractivity contribution in [2.45, 2.75) is 6.42 Å². The van der Waals surface area contributed by atoms with Crippen molar-refractivity contribution < 1.29 is 27.2 Å². The van der Waals surface area contributed by atoms with Crippen molar-refractivity contribution in [1.82, 2.24) is 0 Å². The van der Waals surface area contributed by atoms with Gasteiger partial charge in [-0.05, 0) is 24.3 Å². The van der Waals surface area contributed by atoms with Gasteiger partial charge in [0.05, 0.1) is 6.42 Å². The molecule has 0 atom stereocenters. The van der Waals surface area contributed by atoms with Gasteiger partial charge in [0.25, 0.3) is 0 Å². The third-order valence-electron chi connectivity index (χ3n) is 2.69. The van der Waals surface area contributed by atoms with E-state index in [1.54, 1.807) is 0 Å². The summed E-state index contributed by atoms with van der Waals surface area (Å²) in [6, 6.07) is 4.30. The highest BCUT2D eigenvalue weighted by Crippen LogP contribution is 2.14. The number of carbonyl (C=O) groups excluding carboxylic acids is 2. The van der Waals surface area contributed by atoms with E-state index >= 15 is 0 Å². The largest absolute Gasteiger partial charge is 0.294 e. The highest BCUT2D eigenvalue weighted by atomic mass is 19.1. The minimum absolute atomic E-state index is 0.322. The van der Waals surface area contributed by atoms with Crippen LogP contribution in [0.25, 0.3) is 0 Å². The van der Waals surface area contributed by atoms with E-state index in [9.17, 15) is 27.2 Å². The van der Waals surface area contributed by atoms with E-state index in [2.05, 4.69) is 0 Å². The lowest BCUT2D eigenvalue weighted by atomic mass is 10.0. The number of hydrogen-bond donors (Lipinski definition) is 0. The van der Waals surface area contributed by atoms with Gasteiger partial charge >= 0.3 is 0 Å². The maximum atomic E-state index is 13.0. The van der Waals surface area contributed by atoms with Crippen LogP contribution in [0.1, 0.15) is 27.1 Å². The SMILES string of the molecule is O=C(CC(=O)c1cc(F)cc(F)c1)c1cc(F)cc(F)c1. The molecule has 2 rings (SSSR count). The molecule has 21 heavy (non-hydrogen) atoms. The summed E-state index contributed by atoms with van der Waals surface area (Å²) in [5.74, 6) is -5.51. The van der Waals surface area contributed by atoms with Gasteiger partial charge in [-0.3, -0.25) is 9.59 Å². The first-order chi connectivity index (χ1) is 9.85. The Morgan fingerprint density at radius 1 is 0.619 bits per heavy atom. The predicted molar refractivity (Wildman–Crippen MR) is 66.0 cm³/mol. The highest BCUT2D eigenvalue weighted by molar-refractivity contribution is 6.13. The molecule has 2 aromatic carbocycles. The molecule has 0 aromatic heterocycles. The molecule has 108 valence electrons. The van der Waals surface area contributed by atoms with Crippen LogP contribution in [0.2, 0.25) is 0 Å². The van der Waals surface area contributed by atoms with Crippen molar-refractivity contribution in [3.63, 3.8) is 0 Å². The Morgan fingerprint density at radius 2 is 0.905 bits per heavy atom. The lowest BCUT2D eigenvalue weighted by molar-refractivity contribution is 0.0893. The first-order valence-electron chi connectivity index (χ1n) is 5.84. The van der Waals surface area contributed by atoms with Crippen molar-refractivity contribution in [3.8, 4) is 0 Å². The van der Waals surface area contributed by atoms with Gasteiger partial charge < -0.3 is 0 Å². The Kier molecular flexibility index (Phi) is 4.16. The zero-order valence-corrected chi connectivity index (χ0v) is 10.5. The first-order valence-corrected chi connectivity index (χ1v) is 5.84. The monoisotopic (exact) mass is 296 g/mol. The zero-order chi connectivity index (χ0) is 15.6. The van der Waals surface area contributed by atoms with Gasteiger partial charge in [-0.15, -0.1) is 0 Å². The molecular formula is C15H8F4O2. The fourth-order valence-electron chi connectivity index (χ4n) is 1.78. The Balaban J connectivity index is 2.20. The number of rotatable bonds is 4. The molecule has 0 radical (unpaired) electrons. The summed E-state index contributed by atoms with van der Waals surface area (Å²) in [5.41, 5.74) is -0.643. The van der Waals surface area contributed by atoms with Crippen molar-refractivity contribution in [2.75, 3.05) is 0 Å². The summed E-state index contributed by atoms with van der Waals surface area (Å²) < 4.78 is 51.9. The highest BCUT2D eigenvalue weighted by Gasteiger charge is 2.16. The van der Waals surface area contributed by atoms with Gasteiger partial charge in [0.1, 0.15) is 23.3 Å². The number of Topliss-reactive ketones (excluding diaryl/α,β-unsaturated/α-hetero) is 2. The third-order valence-corrected chi connectivity index (χ3v) is 2.69. The van der Waals surface area contributed by atoms with Gasteiger partial charge in [-0.2, -0.15) is 0 Å². The molecule has 0 saturated carbocycles. The summed E-state index contributed by atoms with van der Waals surface area (Å²) in [7, 11) is 0. The van der Waals surface area contributed by atoms with Crippen molar-refractivity contribution in [2.24, 2.45) is 0 Å². The third kappa shape index (κ3) is 3.75. The Labute approximate surface area is 117 Å². The van der Waals surface area contributed by atoms with Crippen LogP contribution in [0.4, 0.5) is 17.6 Å². The van der Waals surface area contributed by atoms with Crippen LogP contribution < -0.4 is 0 Å². The van der Waals surface area contributed by atoms with Crippen LogP contribution in [0.3, 0.4) is 0 Å². The van der Waals surface area contributed by atoms with Gasteiger partial charge in [0.15, 0.2) is 11.6 Å². The van der Waals surface area contributed by atoms with Crippen molar-refractivity contribution in [1.29, 1.82) is 0 Å². The minimum atomic E-state index is -0.956. The maximum Gasteiger partial charge on any atom is 0.170 e. The zero-order valence-electron chi connectivity index (χ0n) is 10.5. The normalized spacial score (nSPS) is 10.5. The molecule has 0 unspecified atom stereocenters. The summed E-state index contributed by atoms with van der Waals surface area (Å²) in [6.07, 6.45) is -0.744. The van der Waals surface area contributed by atoms with Crippen LogP contribution in [-0.4, -0.2) is 11.6 Å². The molecule has 0 aliphatic rings. The molecule has 0 amide bonds. The molecule has 0 N–H and O–H groups in total. The van der Waals surface area contributed by atoms with Crippen LogP contribution in [0.5, 0.6) is 0 Å². The van der Waals surface area contributed by atoms with Crippen LogP contribution in [0, 0.1) is 23.3 Å². The maximum absolute atomic E-state index is 13.0. The molecule has 2 nitrogen and oxygen atoms in total. The summed E-state index contributed by atoms with van der Waals surface area (Å²) in [5, 5.41) is 0. The molecule has 0 saturated heterocycles. The molecule has 0 aliphatic carbocycles. The average molecular weight is 296 g/mol. The smallest absolute Gasteiger partial charge is 0.170 e. The van der Waals surface area contributed by atoms with Gasteiger partial charge in [-0.25, -0.2) is 17.6 Å². The number of hydrogen-bond acceptors (Lipinski definition) is 2. The van der Waals surface area contributed by atoms with Gasteiger partial charge in [0, 0.05) is 23.3 Å². The topological polar surface area (TPSA) is 34.1 Å². The molecule has 0 heterocycles. The second-order valence-corrected chi connectivity index (χ2v) is 4.34. The van der Waals surface area contributed by atoms with Crippen molar-refractivity contribution >= 4 is 11.6 Å². The van der Waals surface area contributed by atoms with E-state index in [0.29, 0.717) is 12.1 Å². The predicted octanol–water partition coefficient (Wildman–Crippen LogP) is 3.70. The van der Waals surface area contributed by atoms with Crippen LogP contribution in [0.15, 0.2) is 36.4 Å². The summed E-state index contributed by atoms with van der Waals surface area (Å²) >= 11 is 0. The fraction of sp³-hybridized carbons (Fsp3) is 0.0667. The summed E-state index contributed by atoms with van der Waals surface area (Å²) in [4.78, 5) is 23.5.